The lowest BCUT2D eigenvalue weighted by atomic mass is 9.73. The number of ether oxygens (including phenoxy) is 1. The number of aromatic hydroxyl groups is 2. The molecule has 7 nitrogen and oxygen atoms in total. The van der Waals surface area contributed by atoms with Crippen LogP contribution in [0.25, 0.3) is 0 Å². The standard InChI is InChI=1S/C22H17NO6/c1-29-22(12-8-10-13(11-9-12)23(27)28)18-14-4-2-6-16(24)19(14)21(26)20-15(18)5-3-7-17(20)25/h2-11,18,22,24-25H,1H3. The number of nitrogens with zero attached hydrogens (tertiary/aromatic N) is 1. The van der Waals surface area contributed by atoms with E-state index in [1.165, 1.54) is 31.4 Å². The lowest BCUT2D eigenvalue weighted by molar-refractivity contribution is -0.384. The molecule has 2 N–H and O–H groups in total. The van der Waals surface area contributed by atoms with Gasteiger partial charge in [-0.05, 0) is 41.0 Å². The number of carbonyl (C=O) groups is 1. The molecule has 0 heterocycles. The molecule has 0 aliphatic heterocycles. The third-order valence-corrected chi connectivity index (χ3v) is 5.26. The number of hydrogen-bond acceptors (Lipinski definition) is 6. The average molecular weight is 391 g/mol. The molecule has 0 saturated heterocycles. The molecular weight excluding hydrogens is 374 g/mol. The van der Waals surface area contributed by atoms with Gasteiger partial charge < -0.3 is 14.9 Å². The quantitative estimate of drug-likeness (QED) is 0.512. The predicted octanol–water partition coefficient (Wildman–Crippen LogP) is 4.07. The number of carbonyl (C=O) groups excluding carboxylic acids is 1. The Hall–Kier alpha value is -3.71. The fourth-order valence-corrected chi connectivity index (χ4v) is 4.00. The van der Waals surface area contributed by atoms with Crippen LogP contribution in [-0.4, -0.2) is 28.0 Å². The zero-order valence-electron chi connectivity index (χ0n) is 15.4. The second kappa shape index (κ2) is 7.03. The first-order chi connectivity index (χ1) is 13.9. The molecule has 4 rings (SSSR count). The van der Waals surface area contributed by atoms with Crippen molar-refractivity contribution in [1.82, 2.24) is 0 Å². The van der Waals surface area contributed by atoms with Crippen molar-refractivity contribution < 1.29 is 24.7 Å². The highest BCUT2D eigenvalue weighted by molar-refractivity contribution is 6.16. The minimum atomic E-state index is -0.606. The number of nitro benzene ring substituents is 1. The molecule has 0 spiro atoms. The minimum Gasteiger partial charge on any atom is -0.507 e. The maximum Gasteiger partial charge on any atom is 0.269 e. The van der Waals surface area contributed by atoms with Crippen molar-refractivity contribution in [2.24, 2.45) is 0 Å². The van der Waals surface area contributed by atoms with E-state index in [1.807, 2.05) is 0 Å². The van der Waals surface area contributed by atoms with Crippen LogP contribution in [0.5, 0.6) is 11.5 Å². The number of methoxy groups -OCH3 is 1. The van der Waals surface area contributed by atoms with Gasteiger partial charge in [0.05, 0.1) is 22.2 Å². The van der Waals surface area contributed by atoms with Gasteiger partial charge in [-0.1, -0.05) is 24.3 Å². The van der Waals surface area contributed by atoms with Crippen molar-refractivity contribution >= 4 is 11.5 Å². The van der Waals surface area contributed by atoms with Crippen molar-refractivity contribution in [2.45, 2.75) is 12.0 Å². The third-order valence-electron chi connectivity index (χ3n) is 5.26. The maximum absolute atomic E-state index is 13.0. The van der Waals surface area contributed by atoms with Gasteiger partial charge in [0.1, 0.15) is 11.5 Å². The summed E-state index contributed by atoms with van der Waals surface area (Å²) in [4.78, 5) is 23.5. The average Bonchev–Trinajstić information content (AvgIpc) is 2.71. The smallest absolute Gasteiger partial charge is 0.269 e. The van der Waals surface area contributed by atoms with Crippen molar-refractivity contribution in [3.8, 4) is 11.5 Å². The van der Waals surface area contributed by atoms with E-state index >= 15 is 0 Å². The molecule has 1 aliphatic rings. The first-order valence-electron chi connectivity index (χ1n) is 8.89. The molecule has 0 aromatic heterocycles. The maximum atomic E-state index is 13.0. The van der Waals surface area contributed by atoms with Crippen LogP contribution < -0.4 is 0 Å². The van der Waals surface area contributed by atoms with Crippen LogP contribution in [0.2, 0.25) is 0 Å². The van der Waals surface area contributed by atoms with Gasteiger partial charge in [-0.3, -0.25) is 14.9 Å². The SMILES string of the molecule is COC(c1ccc([N+](=O)[O-])cc1)C1c2cccc(O)c2C(=O)c2c(O)cccc21. The summed E-state index contributed by atoms with van der Waals surface area (Å²) >= 11 is 0. The number of fused-ring (bicyclic) bond motifs is 2. The van der Waals surface area contributed by atoms with E-state index < -0.39 is 22.7 Å². The first kappa shape index (κ1) is 18.6. The molecule has 3 aromatic rings. The van der Waals surface area contributed by atoms with E-state index in [0.717, 1.165) is 0 Å². The number of phenolic OH excluding ortho intramolecular Hbond substituents is 2. The summed E-state index contributed by atoms with van der Waals surface area (Å²) in [7, 11) is 1.51. The van der Waals surface area contributed by atoms with Gasteiger partial charge in [0.25, 0.3) is 5.69 Å². The van der Waals surface area contributed by atoms with E-state index in [-0.39, 0.29) is 28.3 Å². The van der Waals surface area contributed by atoms with E-state index in [9.17, 15) is 25.1 Å². The Morgan fingerprint density at radius 3 is 1.90 bits per heavy atom. The van der Waals surface area contributed by atoms with Crippen molar-refractivity contribution in [3.63, 3.8) is 0 Å². The Balaban J connectivity index is 1.94. The summed E-state index contributed by atoms with van der Waals surface area (Å²) in [5.74, 6) is -1.32. The van der Waals surface area contributed by atoms with Crippen LogP contribution in [0.4, 0.5) is 5.69 Å². The van der Waals surface area contributed by atoms with Crippen LogP contribution in [0.3, 0.4) is 0 Å². The highest BCUT2D eigenvalue weighted by Gasteiger charge is 2.39. The van der Waals surface area contributed by atoms with Crippen LogP contribution in [0, 0.1) is 10.1 Å². The van der Waals surface area contributed by atoms with Crippen LogP contribution >= 0.6 is 0 Å². The molecule has 7 heteroatoms. The van der Waals surface area contributed by atoms with Crippen LogP contribution in [0.15, 0.2) is 60.7 Å². The van der Waals surface area contributed by atoms with Crippen molar-refractivity contribution in [3.05, 3.63) is 98.6 Å². The minimum absolute atomic E-state index is 0.0430. The fraction of sp³-hybridized carbons (Fsp3) is 0.136. The summed E-state index contributed by atoms with van der Waals surface area (Å²) in [6.45, 7) is 0. The Bertz CT molecular complexity index is 1070. The van der Waals surface area contributed by atoms with Crippen molar-refractivity contribution in [1.29, 1.82) is 0 Å². The van der Waals surface area contributed by atoms with E-state index in [1.54, 1.807) is 36.4 Å². The summed E-state index contributed by atoms with van der Waals surface area (Å²) in [6.07, 6.45) is -0.606. The zero-order chi connectivity index (χ0) is 20.7. The number of phenols is 2. The number of rotatable bonds is 4. The number of nitro groups is 1. The summed E-state index contributed by atoms with van der Waals surface area (Å²) in [5, 5.41) is 31.7. The number of benzene rings is 3. The number of ketones is 1. The van der Waals surface area contributed by atoms with Gasteiger partial charge >= 0.3 is 0 Å². The molecule has 0 bridgehead atoms. The van der Waals surface area contributed by atoms with E-state index in [2.05, 4.69) is 0 Å². The highest BCUT2D eigenvalue weighted by atomic mass is 16.6. The molecule has 146 valence electrons. The molecular formula is C22H17NO6. The van der Waals surface area contributed by atoms with Gasteiger partial charge in [0.2, 0.25) is 5.78 Å². The number of hydrogen-bond donors (Lipinski definition) is 2. The lowest BCUT2D eigenvalue weighted by Gasteiger charge is -2.33. The summed E-state index contributed by atoms with van der Waals surface area (Å²) < 4.78 is 5.76. The molecule has 3 aromatic carbocycles. The normalized spacial score (nSPS) is 14.2. The summed E-state index contributed by atoms with van der Waals surface area (Å²) in [5.41, 5.74) is 2.00. The van der Waals surface area contributed by atoms with Gasteiger partial charge in [0.15, 0.2) is 0 Å². The Labute approximate surface area is 166 Å². The molecule has 1 unspecified atom stereocenters. The van der Waals surface area contributed by atoms with E-state index in [4.69, 9.17) is 4.74 Å². The van der Waals surface area contributed by atoms with Gasteiger partial charge in [-0.25, -0.2) is 0 Å². The monoisotopic (exact) mass is 391 g/mol. The molecule has 29 heavy (non-hydrogen) atoms. The topological polar surface area (TPSA) is 110 Å². The largest absolute Gasteiger partial charge is 0.507 e. The Morgan fingerprint density at radius 2 is 1.45 bits per heavy atom. The van der Waals surface area contributed by atoms with Crippen LogP contribution in [0.1, 0.15) is 44.6 Å². The predicted molar refractivity (Wildman–Crippen MR) is 104 cm³/mol. The Kier molecular flexibility index (Phi) is 4.52. The van der Waals surface area contributed by atoms with Gasteiger partial charge in [-0.2, -0.15) is 0 Å². The van der Waals surface area contributed by atoms with Gasteiger partial charge in [0, 0.05) is 25.2 Å². The number of non-ortho nitro benzene ring substituents is 1. The molecule has 0 saturated carbocycles. The lowest BCUT2D eigenvalue weighted by Crippen LogP contribution is -2.25. The molecule has 0 radical (unpaired) electrons. The van der Waals surface area contributed by atoms with E-state index in [0.29, 0.717) is 16.7 Å². The van der Waals surface area contributed by atoms with Crippen LogP contribution in [-0.2, 0) is 4.74 Å². The van der Waals surface area contributed by atoms with Gasteiger partial charge in [-0.15, -0.1) is 0 Å². The highest BCUT2D eigenvalue weighted by Crippen LogP contribution is 2.49. The first-order valence-corrected chi connectivity index (χ1v) is 8.89. The second-order valence-electron chi connectivity index (χ2n) is 6.79. The third kappa shape index (κ3) is 2.92. The van der Waals surface area contributed by atoms with Crippen molar-refractivity contribution in [2.75, 3.05) is 7.11 Å². The summed E-state index contributed by atoms with van der Waals surface area (Å²) in [6, 6.07) is 15.6. The zero-order valence-corrected chi connectivity index (χ0v) is 15.4. The second-order valence-corrected chi connectivity index (χ2v) is 6.79. The Morgan fingerprint density at radius 1 is 0.931 bits per heavy atom. The molecule has 1 aliphatic carbocycles. The molecule has 0 amide bonds. The molecule has 1 atom stereocenters. The fourth-order valence-electron chi connectivity index (χ4n) is 4.00. The molecule has 0 fully saturated rings.